The van der Waals surface area contributed by atoms with Crippen molar-refractivity contribution in [1.82, 2.24) is 4.90 Å². The summed E-state index contributed by atoms with van der Waals surface area (Å²) in [6.07, 6.45) is 0.997. The Labute approximate surface area is 139 Å². The molecule has 1 fully saturated rings. The summed E-state index contributed by atoms with van der Waals surface area (Å²) in [4.78, 5) is 14.8. The highest BCUT2D eigenvalue weighted by Crippen LogP contribution is 2.34. The van der Waals surface area contributed by atoms with Crippen LogP contribution in [-0.2, 0) is 16.1 Å². The Morgan fingerprint density at radius 3 is 2.85 bits per heavy atom. The molecule has 0 amide bonds. The largest absolute Gasteiger partial charge is 0.481 e. The number of aliphatic carboxylic acids is 1. The van der Waals surface area contributed by atoms with Gasteiger partial charge in [-0.2, -0.15) is 0 Å². The van der Waals surface area contributed by atoms with Crippen molar-refractivity contribution in [3.63, 3.8) is 0 Å². The first kappa shape index (κ1) is 16.4. The number of carboxylic acid groups (broad SMARTS) is 1. The second-order valence-electron chi connectivity index (χ2n) is 4.85. The van der Waals surface area contributed by atoms with Crippen LogP contribution in [0.3, 0.4) is 0 Å². The van der Waals surface area contributed by atoms with Gasteiger partial charge in [-0.05, 0) is 50.9 Å². The summed E-state index contributed by atoms with van der Waals surface area (Å²) in [6.45, 7) is 4.58. The zero-order chi connectivity index (χ0) is 14.7. The Morgan fingerprint density at radius 2 is 2.30 bits per heavy atom. The number of halogens is 2. The Kier molecular flexibility index (Phi) is 6.04. The van der Waals surface area contributed by atoms with E-state index in [0.717, 1.165) is 27.8 Å². The van der Waals surface area contributed by atoms with Crippen LogP contribution in [0.1, 0.15) is 18.2 Å². The molecule has 1 aliphatic heterocycles. The van der Waals surface area contributed by atoms with Crippen LogP contribution >= 0.6 is 43.2 Å². The van der Waals surface area contributed by atoms with Gasteiger partial charge in [0.15, 0.2) is 0 Å². The summed E-state index contributed by atoms with van der Waals surface area (Å²) in [6, 6.07) is 2.05. The molecule has 0 aromatic carbocycles. The summed E-state index contributed by atoms with van der Waals surface area (Å²) < 4.78 is 7.51. The van der Waals surface area contributed by atoms with Crippen molar-refractivity contribution in [3.8, 4) is 0 Å². The molecule has 4 nitrogen and oxygen atoms in total. The average Bonchev–Trinajstić information content (AvgIpc) is 2.97. The normalized spacial score (nSPS) is 22.6. The fraction of sp³-hybridized carbons (Fsp3) is 0.615. The highest BCUT2D eigenvalue weighted by atomic mass is 79.9. The number of carbonyl (C=O) groups is 1. The molecule has 2 rings (SSSR count). The summed E-state index contributed by atoms with van der Waals surface area (Å²) >= 11 is 8.66. The zero-order valence-electron chi connectivity index (χ0n) is 11.1. The van der Waals surface area contributed by atoms with Crippen LogP contribution < -0.4 is 0 Å². The topological polar surface area (TPSA) is 49.8 Å². The van der Waals surface area contributed by atoms with Crippen LogP contribution in [0.5, 0.6) is 0 Å². The first-order chi connectivity index (χ1) is 9.52. The molecule has 1 aromatic rings. The summed E-state index contributed by atoms with van der Waals surface area (Å²) in [5, 5.41) is 9.30. The molecule has 1 aromatic heterocycles. The van der Waals surface area contributed by atoms with Gasteiger partial charge in [0, 0.05) is 21.9 Å². The van der Waals surface area contributed by atoms with E-state index in [1.54, 1.807) is 11.3 Å². The third-order valence-electron chi connectivity index (χ3n) is 3.40. The molecule has 7 heteroatoms. The summed E-state index contributed by atoms with van der Waals surface area (Å²) in [7, 11) is 0. The minimum Gasteiger partial charge on any atom is -0.481 e. The van der Waals surface area contributed by atoms with Crippen LogP contribution in [0.2, 0.25) is 0 Å². The van der Waals surface area contributed by atoms with Crippen molar-refractivity contribution in [2.75, 3.05) is 19.8 Å². The van der Waals surface area contributed by atoms with Gasteiger partial charge in [0.1, 0.15) is 0 Å². The third kappa shape index (κ3) is 3.82. The lowest BCUT2D eigenvalue weighted by Crippen LogP contribution is -2.43. The Bertz CT molecular complexity index is 461. The minimum atomic E-state index is -0.762. The molecule has 0 aliphatic carbocycles. The lowest BCUT2D eigenvalue weighted by atomic mass is 10.0. The van der Waals surface area contributed by atoms with Gasteiger partial charge in [-0.15, -0.1) is 11.3 Å². The number of rotatable bonds is 6. The Hall–Kier alpha value is 0.0500. The number of hydrogen-bond donors (Lipinski definition) is 1. The van der Waals surface area contributed by atoms with Crippen molar-refractivity contribution >= 4 is 49.2 Å². The molecule has 2 unspecified atom stereocenters. The van der Waals surface area contributed by atoms with Gasteiger partial charge in [-0.3, -0.25) is 9.69 Å². The molecular formula is C13H17Br2NO3S. The Balaban J connectivity index is 2.12. The smallest absolute Gasteiger partial charge is 0.310 e. The van der Waals surface area contributed by atoms with Crippen molar-refractivity contribution in [3.05, 3.63) is 19.2 Å². The molecule has 1 saturated heterocycles. The first-order valence-corrected chi connectivity index (χ1v) is 8.91. The van der Waals surface area contributed by atoms with Crippen molar-refractivity contribution in [2.24, 2.45) is 5.92 Å². The highest BCUT2D eigenvalue weighted by Gasteiger charge is 2.37. The molecule has 1 aliphatic rings. The third-order valence-corrected chi connectivity index (χ3v) is 6.64. The molecule has 0 bridgehead atoms. The molecular weight excluding hydrogens is 410 g/mol. The van der Waals surface area contributed by atoms with E-state index in [2.05, 4.69) is 49.7 Å². The maximum atomic E-state index is 11.3. The van der Waals surface area contributed by atoms with Gasteiger partial charge in [-0.25, -0.2) is 0 Å². The van der Waals surface area contributed by atoms with E-state index in [9.17, 15) is 9.90 Å². The Morgan fingerprint density at radius 1 is 1.55 bits per heavy atom. The summed E-state index contributed by atoms with van der Waals surface area (Å²) in [5.74, 6) is -1.18. The van der Waals surface area contributed by atoms with E-state index < -0.39 is 11.9 Å². The maximum absolute atomic E-state index is 11.3. The van der Waals surface area contributed by atoms with Crippen LogP contribution in [-0.4, -0.2) is 41.8 Å². The fourth-order valence-electron chi connectivity index (χ4n) is 2.46. The molecule has 0 spiro atoms. The lowest BCUT2D eigenvalue weighted by Gasteiger charge is -2.29. The van der Waals surface area contributed by atoms with E-state index >= 15 is 0 Å². The molecule has 0 saturated carbocycles. The van der Waals surface area contributed by atoms with E-state index in [0.29, 0.717) is 13.2 Å². The zero-order valence-corrected chi connectivity index (χ0v) is 15.1. The van der Waals surface area contributed by atoms with E-state index in [-0.39, 0.29) is 6.04 Å². The fourth-order valence-corrected chi connectivity index (χ4v) is 4.66. The summed E-state index contributed by atoms with van der Waals surface area (Å²) in [5.41, 5.74) is 0. The maximum Gasteiger partial charge on any atom is 0.310 e. The lowest BCUT2D eigenvalue weighted by molar-refractivity contribution is -0.143. The average molecular weight is 427 g/mol. The van der Waals surface area contributed by atoms with Gasteiger partial charge in [0.2, 0.25) is 0 Å². The molecule has 2 heterocycles. The predicted octanol–water partition coefficient (Wildman–Crippen LogP) is 3.58. The van der Waals surface area contributed by atoms with Crippen molar-refractivity contribution < 1.29 is 14.6 Å². The molecule has 1 N–H and O–H groups in total. The number of thiophene rings is 1. The number of ether oxygens (including phenoxy) is 1. The van der Waals surface area contributed by atoms with Gasteiger partial charge >= 0.3 is 5.97 Å². The van der Waals surface area contributed by atoms with Gasteiger partial charge < -0.3 is 9.84 Å². The number of carboxylic acids is 1. The van der Waals surface area contributed by atoms with E-state index in [1.807, 2.05) is 0 Å². The monoisotopic (exact) mass is 425 g/mol. The van der Waals surface area contributed by atoms with Crippen LogP contribution in [0, 0.1) is 5.92 Å². The van der Waals surface area contributed by atoms with Crippen molar-refractivity contribution in [1.29, 1.82) is 0 Å². The molecule has 2 atom stereocenters. The minimum absolute atomic E-state index is 0.0351. The number of nitrogens with zero attached hydrogens (tertiary/aromatic N) is 1. The number of hydrogen-bond acceptors (Lipinski definition) is 4. The molecule has 0 radical (unpaired) electrons. The first-order valence-electron chi connectivity index (χ1n) is 6.51. The van der Waals surface area contributed by atoms with Crippen LogP contribution in [0.4, 0.5) is 0 Å². The van der Waals surface area contributed by atoms with Crippen molar-refractivity contribution in [2.45, 2.75) is 25.9 Å². The molecule has 112 valence electrons. The highest BCUT2D eigenvalue weighted by molar-refractivity contribution is 9.13. The standard InChI is InChI=1S/C13H17Br2NO3S/c1-2-3-16(5-8-4-10(14)12(15)20-8)11-7-19-6-9(11)13(17)18/h4,9,11H,2-3,5-7H2,1H3,(H,17,18). The second kappa shape index (κ2) is 7.35. The predicted molar refractivity (Wildman–Crippen MR) is 86.2 cm³/mol. The van der Waals surface area contributed by atoms with Crippen LogP contribution in [0.15, 0.2) is 14.3 Å². The quantitative estimate of drug-likeness (QED) is 0.755. The second-order valence-corrected chi connectivity index (χ2v) is 8.16. The van der Waals surface area contributed by atoms with E-state index in [1.165, 1.54) is 4.88 Å². The SMILES string of the molecule is CCCN(Cc1cc(Br)c(Br)s1)C1COCC1C(=O)O. The van der Waals surface area contributed by atoms with Crippen LogP contribution in [0.25, 0.3) is 0 Å². The van der Waals surface area contributed by atoms with Gasteiger partial charge in [-0.1, -0.05) is 6.92 Å². The van der Waals surface area contributed by atoms with Gasteiger partial charge in [0.05, 0.1) is 22.9 Å². The van der Waals surface area contributed by atoms with Gasteiger partial charge in [0.25, 0.3) is 0 Å². The molecule has 20 heavy (non-hydrogen) atoms. The van der Waals surface area contributed by atoms with E-state index in [4.69, 9.17) is 4.74 Å².